The Morgan fingerprint density at radius 1 is 1.29 bits per heavy atom. The molecule has 0 aliphatic carbocycles. The standard InChI is InChI=1S/C19H20N2O7/c1-11-6-12(2)9-20(8-11)16(22)10-27-18(23)14-7-13-4-3-5-15(21(25)26)17(13)28-19(14)24/h3-5,7,11-12H,6,8-10H2,1-2H3/t11-,12-/m1/s1. The number of amides is 1. The van der Waals surface area contributed by atoms with Crippen LogP contribution < -0.4 is 5.63 Å². The van der Waals surface area contributed by atoms with E-state index in [0.717, 1.165) is 6.42 Å². The minimum Gasteiger partial charge on any atom is -0.452 e. The van der Waals surface area contributed by atoms with Gasteiger partial charge in [0.25, 0.3) is 5.91 Å². The third-order valence-electron chi connectivity index (χ3n) is 4.70. The van der Waals surface area contributed by atoms with E-state index in [1.54, 1.807) is 4.90 Å². The van der Waals surface area contributed by atoms with E-state index in [4.69, 9.17) is 9.15 Å². The molecule has 1 saturated heterocycles. The van der Waals surface area contributed by atoms with E-state index >= 15 is 0 Å². The van der Waals surface area contributed by atoms with Crippen molar-refractivity contribution >= 4 is 28.5 Å². The lowest BCUT2D eigenvalue weighted by molar-refractivity contribution is -0.383. The largest absolute Gasteiger partial charge is 0.452 e. The summed E-state index contributed by atoms with van der Waals surface area (Å²) in [6, 6.07) is 5.26. The van der Waals surface area contributed by atoms with E-state index < -0.39 is 28.7 Å². The zero-order valence-electron chi connectivity index (χ0n) is 15.5. The van der Waals surface area contributed by atoms with Crippen LogP contribution >= 0.6 is 0 Å². The number of nitrogens with zero attached hydrogens (tertiary/aromatic N) is 2. The monoisotopic (exact) mass is 388 g/mol. The average Bonchev–Trinajstić information content (AvgIpc) is 2.63. The number of piperidine rings is 1. The molecule has 28 heavy (non-hydrogen) atoms. The topological polar surface area (TPSA) is 120 Å². The van der Waals surface area contributed by atoms with Crippen molar-refractivity contribution in [3.63, 3.8) is 0 Å². The molecule has 0 N–H and O–H groups in total. The fraction of sp³-hybridized carbons (Fsp3) is 0.421. The molecule has 148 valence electrons. The van der Waals surface area contributed by atoms with Crippen LogP contribution in [0.1, 0.15) is 30.6 Å². The van der Waals surface area contributed by atoms with Crippen molar-refractivity contribution in [2.75, 3.05) is 19.7 Å². The first-order valence-electron chi connectivity index (χ1n) is 8.92. The summed E-state index contributed by atoms with van der Waals surface area (Å²) in [4.78, 5) is 48.7. The van der Waals surface area contributed by atoms with Crippen molar-refractivity contribution in [3.8, 4) is 0 Å². The van der Waals surface area contributed by atoms with Crippen molar-refractivity contribution in [2.45, 2.75) is 20.3 Å². The maximum Gasteiger partial charge on any atom is 0.351 e. The number of esters is 1. The molecule has 9 heteroatoms. The van der Waals surface area contributed by atoms with Gasteiger partial charge in [-0.2, -0.15) is 0 Å². The lowest BCUT2D eigenvalue weighted by atomic mass is 9.92. The number of rotatable bonds is 4. The van der Waals surface area contributed by atoms with Crippen molar-refractivity contribution < 1.29 is 23.7 Å². The summed E-state index contributed by atoms with van der Waals surface area (Å²) in [6.07, 6.45) is 1.04. The first-order chi connectivity index (χ1) is 13.3. The van der Waals surface area contributed by atoms with Crippen LogP contribution in [0.4, 0.5) is 5.69 Å². The zero-order chi connectivity index (χ0) is 20.4. The normalized spacial score (nSPS) is 19.4. The van der Waals surface area contributed by atoms with Gasteiger partial charge in [-0.3, -0.25) is 14.9 Å². The predicted octanol–water partition coefficient (Wildman–Crippen LogP) is 2.36. The second kappa shape index (κ2) is 7.79. The van der Waals surface area contributed by atoms with Crippen LogP contribution in [0.3, 0.4) is 0 Å². The van der Waals surface area contributed by atoms with E-state index in [1.165, 1.54) is 24.3 Å². The molecule has 2 aromatic rings. The van der Waals surface area contributed by atoms with Crippen molar-refractivity contribution in [3.05, 3.63) is 50.4 Å². The predicted molar refractivity (Wildman–Crippen MR) is 98.9 cm³/mol. The Balaban J connectivity index is 1.75. The molecule has 0 bridgehead atoms. The van der Waals surface area contributed by atoms with E-state index in [0.29, 0.717) is 24.9 Å². The number of hydrogen-bond acceptors (Lipinski definition) is 7. The Hall–Kier alpha value is -3.23. The molecule has 2 heterocycles. The van der Waals surface area contributed by atoms with Crippen molar-refractivity contribution in [2.24, 2.45) is 11.8 Å². The molecule has 0 unspecified atom stereocenters. The molecule has 1 fully saturated rings. The molecule has 3 rings (SSSR count). The highest BCUT2D eigenvalue weighted by Crippen LogP contribution is 2.25. The molecule has 2 atom stereocenters. The van der Waals surface area contributed by atoms with Gasteiger partial charge in [-0.25, -0.2) is 9.59 Å². The number of nitro groups is 1. The van der Waals surface area contributed by atoms with E-state index in [-0.39, 0.29) is 22.6 Å². The van der Waals surface area contributed by atoms with Crippen molar-refractivity contribution in [1.29, 1.82) is 0 Å². The number of benzene rings is 1. The molecular weight excluding hydrogens is 368 g/mol. The van der Waals surface area contributed by atoms with Crippen LogP contribution in [0.5, 0.6) is 0 Å². The number of likely N-dealkylation sites (tertiary alicyclic amines) is 1. The van der Waals surface area contributed by atoms with Gasteiger partial charge in [0, 0.05) is 24.5 Å². The van der Waals surface area contributed by atoms with Crippen LogP contribution in [0, 0.1) is 22.0 Å². The first-order valence-corrected chi connectivity index (χ1v) is 8.92. The molecule has 1 aliphatic heterocycles. The minimum atomic E-state index is -1.06. The minimum absolute atomic E-state index is 0.214. The van der Waals surface area contributed by atoms with Gasteiger partial charge in [0.2, 0.25) is 5.58 Å². The Labute approximate surface area is 160 Å². The van der Waals surface area contributed by atoms with E-state index in [2.05, 4.69) is 13.8 Å². The first kappa shape index (κ1) is 19.5. The third-order valence-corrected chi connectivity index (χ3v) is 4.70. The number of ether oxygens (including phenoxy) is 1. The van der Waals surface area contributed by atoms with Gasteiger partial charge in [-0.1, -0.05) is 26.0 Å². The van der Waals surface area contributed by atoms with Gasteiger partial charge in [0.1, 0.15) is 5.56 Å². The fourth-order valence-corrected chi connectivity index (χ4v) is 3.58. The number of nitro benzene ring substituents is 1. The van der Waals surface area contributed by atoms with Gasteiger partial charge < -0.3 is 14.1 Å². The summed E-state index contributed by atoms with van der Waals surface area (Å²) in [7, 11) is 0. The highest BCUT2D eigenvalue weighted by molar-refractivity contribution is 5.95. The quantitative estimate of drug-likeness (QED) is 0.341. The number of carbonyl (C=O) groups is 2. The summed E-state index contributed by atoms with van der Waals surface area (Å²) < 4.78 is 9.96. The van der Waals surface area contributed by atoms with Gasteiger partial charge >= 0.3 is 17.3 Å². The molecule has 1 aromatic carbocycles. The molecule has 0 spiro atoms. The van der Waals surface area contributed by atoms with Crippen molar-refractivity contribution in [1.82, 2.24) is 4.90 Å². The van der Waals surface area contributed by atoms with Crippen LogP contribution in [0.15, 0.2) is 33.5 Å². The lowest BCUT2D eigenvalue weighted by Crippen LogP contribution is -2.44. The smallest absolute Gasteiger partial charge is 0.351 e. The van der Waals surface area contributed by atoms with E-state index in [1.807, 2.05) is 0 Å². The number of carbonyl (C=O) groups excluding carboxylic acids is 2. The average molecular weight is 388 g/mol. The van der Waals surface area contributed by atoms with E-state index in [9.17, 15) is 24.5 Å². The molecule has 0 saturated carbocycles. The lowest BCUT2D eigenvalue weighted by Gasteiger charge is -2.34. The maximum atomic E-state index is 12.3. The second-order valence-corrected chi connectivity index (χ2v) is 7.22. The number of hydrogen-bond donors (Lipinski definition) is 0. The summed E-state index contributed by atoms with van der Waals surface area (Å²) in [6.45, 7) is 4.83. The van der Waals surface area contributed by atoms with Crippen LogP contribution in [-0.4, -0.2) is 41.4 Å². The zero-order valence-corrected chi connectivity index (χ0v) is 15.5. The van der Waals surface area contributed by atoms with Gasteiger partial charge in [0.05, 0.1) is 4.92 Å². The third kappa shape index (κ3) is 4.03. The Kier molecular flexibility index (Phi) is 5.43. The number of para-hydroxylation sites is 1. The highest BCUT2D eigenvalue weighted by atomic mass is 16.6. The summed E-state index contributed by atoms with van der Waals surface area (Å²) in [5.41, 5.74) is -2.07. The Morgan fingerprint density at radius 2 is 1.96 bits per heavy atom. The second-order valence-electron chi connectivity index (χ2n) is 7.22. The molecule has 0 radical (unpaired) electrons. The molecule has 1 aliphatic rings. The Bertz CT molecular complexity index is 987. The fourth-order valence-electron chi connectivity index (χ4n) is 3.58. The molecule has 1 amide bonds. The summed E-state index contributed by atoms with van der Waals surface area (Å²) >= 11 is 0. The maximum absolute atomic E-state index is 12.3. The SMILES string of the molecule is C[C@@H]1C[C@@H](C)CN(C(=O)COC(=O)c2cc3cccc([N+](=O)[O-])c3oc2=O)C1. The van der Waals surface area contributed by atoms with Crippen LogP contribution in [0.2, 0.25) is 0 Å². The van der Waals surface area contributed by atoms with Gasteiger partial charge in [-0.05, 0) is 24.3 Å². The molecule has 1 aromatic heterocycles. The highest BCUT2D eigenvalue weighted by Gasteiger charge is 2.27. The summed E-state index contributed by atoms with van der Waals surface area (Å²) in [5.74, 6) is -0.598. The number of non-ortho nitro benzene ring substituents is 1. The summed E-state index contributed by atoms with van der Waals surface area (Å²) in [5, 5.41) is 11.2. The van der Waals surface area contributed by atoms with Crippen LogP contribution in [0.25, 0.3) is 11.0 Å². The van der Waals surface area contributed by atoms with Crippen LogP contribution in [-0.2, 0) is 9.53 Å². The molecular formula is C19H20N2O7. The molecule has 9 nitrogen and oxygen atoms in total. The number of fused-ring (bicyclic) bond motifs is 1. The Morgan fingerprint density at radius 3 is 2.61 bits per heavy atom. The van der Waals surface area contributed by atoms with Gasteiger partial charge in [-0.15, -0.1) is 0 Å². The van der Waals surface area contributed by atoms with Gasteiger partial charge in [0.15, 0.2) is 6.61 Å².